The number of fused-ring (bicyclic) bond motifs is 1. The fourth-order valence-corrected chi connectivity index (χ4v) is 3.86. The SMILES string of the molecule is CCOc1cc2c(cc1CNC1CCC(C(=O)OC)CC1)OC(C)C2. The fourth-order valence-electron chi connectivity index (χ4n) is 3.86. The molecule has 1 heterocycles. The molecule has 5 heteroatoms. The summed E-state index contributed by atoms with van der Waals surface area (Å²) in [5.74, 6) is 1.94. The first-order chi connectivity index (χ1) is 12.1. The highest BCUT2D eigenvalue weighted by Gasteiger charge is 2.27. The zero-order valence-electron chi connectivity index (χ0n) is 15.5. The van der Waals surface area contributed by atoms with Crippen LogP contribution in [-0.4, -0.2) is 31.8 Å². The van der Waals surface area contributed by atoms with E-state index in [1.807, 2.05) is 6.92 Å². The molecule has 0 bridgehead atoms. The van der Waals surface area contributed by atoms with Crippen molar-refractivity contribution in [2.24, 2.45) is 5.92 Å². The molecule has 0 spiro atoms. The average Bonchev–Trinajstić information content (AvgIpc) is 2.98. The van der Waals surface area contributed by atoms with Crippen LogP contribution in [0.4, 0.5) is 0 Å². The van der Waals surface area contributed by atoms with Gasteiger partial charge >= 0.3 is 5.97 Å². The van der Waals surface area contributed by atoms with Gasteiger partial charge in [0.05, 0.1) is 19.6 Å². The first kappa shape index (κ1) is 18.1. The average molecular weight is 347 g/mol. The summed E-state index contributed by atoms with van der Waals surface area (Å²) in [6.45, 7) is 5.52. The van der Waals surface area contributed by atoms with E-state index in [-0.39, 0.29) is 18.0 Å². The van der Waals surface area contributed by atoms with Crippen molar-refractivity contribution in [1.29, 1.82) is 0 Å². The van der Waals surface area contributed by atoms with Crippen LogP contribution in [0.25, 0.3) is 0 Å². The molecule has 0 aromatic heterocycles. The standard InChI is InChI=1S/C20H29NO4/c1-4-24-18-10-15-9-13(2)25-19(15)11-16(18)12-21-17-7-5-14(6-8-17)20(22)23-3/h10-11,13-14,17,21H,4-9,12H2,1-3H3. The summed E-state index contributed by atoms with van der Waals surface area (Å²) >= 11 is 0. The molecule has 25 heavy (non-hydrogen) atoms. The van der Waals surface area contributed by atoms with Crippen LogP contribution < -0.4 is 14.8 Å². The Kier molecular flexibility index (Phi) is 5.84. The van der Waals surface area contributed by atoms with Crippen molar-refractivity contribution < 1.29 is 19.0 Å². The molecule has 5 nitrogen and oxygen atoms in total. The van der Waals surface area contributed by atoms with Crippen LogP contribution in [0.5, 0.6) is 11.5 Å². The van der Waals surface area contributed by atoms with Crippen molar-refractivity contribution in [2.45, 2.75) is 64.6 Å². The van der Waals surface area contributed by atoms with Crippen LogP contribution in [0.3, 0.4) is 0 Å². The third-order valence-electron chi connectivity index (χ3n) is 5.22. The summed E-state index contributed by atoms with van der Waals surface area (Å²) in [6.07, 6.45) is 4.98. The van der Waals surface area contributed by atoms with Crippen LogP contribution in [0.15, 0.2) is 12.1 Å². The zero-order valence-corrected chi connectivity index (χ0v) is 15.5. The molecule has 1 aliphatic carbocycles. The number of nitrogens with one attached hydrogen (secondary N) is 1. The Bertz CT molecular complexity index is 608. The number of ether oxygens (including phenoxy) is 3. The molecule has 1 unspecified atom stereocenters. The Hall–Kier alpha value is -1.75. The minimum atomic E-state index is -0.0676. The van der Waals surface area contributed by atoms with Crippen LogP contribution in [0.2, 0.25) is 0 Å². The van der Waals surface area contributed by atoms with Gasteiger partial charge in [-0.05, 0) is 51.7 Å². The van der Waals surface area contributed by atoms with E-state index < -0.39 is 0 Å². The molecule has 1 aromatic carbocycles. The number of hydrogen-bond donors (Lipinski definition) is 1. The molecule has 1 fully saturated rings. The predicted octanol–water partition coefficient (Wildman–Crippen LogP) is 3.23. The van der Waals surface area contributed by atoms with E-state index in [2.05, 4.69) is 24.4 Å². The Morgan fingerprint density at radius 1 is 1.28 bits per heavy atom. The van der Waals surface area contributed by atoms with Gasteiger partial charge in [-0.25, -0.2) is 0 Å². The molecular weight excluding hydrogens is 318 g/mol. The molecule has 1 aromatic rings. The topological polar surface area (TPSA) is 56.8 Å². The summed E-state index contributed by atoms with van der Waals surface area (Å²) in [5.41, 5.74) is 2.38. The third-order valence-corrected chi connectivity index (χ3v) is 5.22. The van der Waals surface area contributed by atoms with Crippen molar-refractivity contribution in [3.05, 3.63) is 23.3 Å². The quantitative estimate of drug-likeness (QED) is 0.801. The molecule has 3 rings (SSSR count). The first-order valence-electron chi connectivity index (χ1n) is 9.37. The largest absolute Gasteiger partial charge is 0.494 e. The Balaban J connectivity index is 1.60. The second-order valence-corrected chi connectivity index (χ2v) is 7.09. The zero-order chi connectivity index (χ0) is 17.8. The van der Waals surface area contributed by atoms with Crippen molar-refractivity contribution in [1.82, 2.24) is 5.32 Å². The number of carbonyl (C=O) groups is 1. The van der Waals surface area contributed by atoms with E-state index in [1.165, 1.54) is 12.7 Å². The number of methoxy groups -OCH3 is 1. The maximum Gasteiger partial charge on any atom is 0.308 e. The van der Waals surface area contributed by atoms with Crippen molar-refractivity contribution in [2.75, 3.05) is 13.7 Å². The molecule has 0 radical (unpaired) electrons. The lowest BCUT2D eigenvalue weighted by Gasteiger charge is -2.28. The summed E-state index contributed by atoms with van der Waals surface area (Å²) < 4.78 is 16.6. The normalized spacial score (nSPS) is 25.2. The molecule has 2 aliphatic rings. The summed E-state index contributed by atoms with van der Waals surface area (Å²) in [6, 6.07) is 4.69. The number of benzene rings is 1. The molecule has 1 aliphatic heterocycles. The lowest BCUT2D eigenvalue weighted by atomic mass is 9.86. The molecule has 1 saturated carbocycles. The van der Waals surface area contributed by atoms with Gasteiger partial charge in [0.1, 0.15) is 17.6 Å². The van der Waals surface area contributed by atoms with E-state index in [0.717, 1.165) is 55.7 Å². The van der Waals surface area contributed by atoms with Gasteiger partial charge in [0, 0.05) is 30.1 Å². The second-order valence-electron chi connectivity index (χ2n) is 7.09. The molecule has 1 atom stereocenters. The number of rotatable bonds is 6. The van der Waals surface area contributed by atoms with Gasteiger partial charge in [0.2, 0.25) is 0 Å². The highest BCUT2D eigenvalue weighted by atomic mass is 16.5. The molecule has 138 valence electrons. The van der Waals surface area contributed by atoms with Gasteiger partial charge in [-0.1, -0.05) is 0 Å². The molecular formula is C20H29NO4. The predicted molar refractivity (Wildman–Crippen MR) is 96.0 cm³/mol. The fraction of sp³-hybridized carbons (Fsp3) is 0.650. The minimum Gasteiger partial charge on any atom is -0.494 e. The molecule has 0 amide bonds. The van der Waals surface area contributed by atoms with Gasteiger partial charge in [0.25, 0.3) is 0 Å². The van der Waals surface area contributed by atoms with Gasteiger partial charge in [-0.2, -0.15) is 0 Å². The van der Waals surface area contributed by atoms with E-state index in [4.69, 9.17) is 14.2 Å². The van der Waals surface area contributed by atoms with Crippen molar-refractivity contribution in [3.63, 3.8) is 0 Å². The smallest absolute Gasteiger partial charge is 0.308 e. The monoisotopic (exact) mass is 347 g/mol. The number of esters is 1. The third kappa shape index (κ3) is 4.27. The highest BCUT2D eigenvalue weighted by molar-refractivity contribution is 5.72. The Morgan fingerprint density at radius 3 is 2.72 bits per heavy atom. The maximum atomic E-state index is 11.6. The summed E-state index contributed by atoms with van der Waals surface area (Å²) in [4.78, 5) is 11.6. The molecule has 0 saturated heterocycles. The van der Waals surface area contributed by atoms with E-state index in [0.29, 0.717) is 12.6 Å². The highest BCUT2D eigenvalue weighted by Crippen LogP contribution is 2.35. The lowest BCUT2D eigenvalue weighted by Crippen LogP contribution is -2.35. The summed E-state index contributed by atoms with van der Waals surface area (Å²) in [5, 5.41) is 3.63. The second kappa shape index (κ2) is 8.09. The van der Waals surface area contributed by atoms with Gasteiger partial charge in [0.15, 0.2) is 0 Å². The van der Waals surface area contributed by atoms with Gasteiger partial charge in [-0.15, -0.1) is 0 Å². The Labute approximate surface area is 150 Å². The maximum absolute atomic E-state index is 11.6. The number of carbonyl (C=O) groups excluding carboxylic acids is 1. The van der Waals surface area contributed by atoms with E-state index in [1.54, 1.807) is 0 Å². The van der Waals surface area contributed by atoms with Crippen LogP contribution in [0, 0.1) is 5.92 Å². The van der Waals surface area contributed by atoms with Crippen LogP contribution >= 0.6 is 0 Å². The van der Waals surface area contributed by atoms with Crippen molar-refractivity contribution in [3.8, 4) is 11.5 Å². The van der Waals surface area contributed by atoms with Gasteiger partial charge < -0.3 is 19.5 Å². The molecule has 1 N–H and O–H groups in total. The van der Waals surface area contributed by atoms with Crippen molar-refractivity contribution >= 4 is 5.97 Å². The van der Waals surface area contributed by atoms with Crippen LogP contribution in [0.1, 0.15) is 50.7 Å². The first-order valence-corrected chi connectivity index (χ1v) is 9.37. The van der Waals surface area contributed by atoms with E-state index >= 15 is 0 Å². The number of hydrogen-bond acceptors (Lipinski definition) is 5. The van der Waals surface area contributed by atoms with Gasteiger partial charge in [-0.3, -0.25) is 4.79 Å². The minimum absolute atomic E-state index is 0.0666. The van der Waals surface area contributed by atoms with Crippen LogP contribution in [-0.2, 0) is 22.5 Å². The van der Waals surface area contributed by atoms with E-state index in [9.17, 15) is 4.79 Å². The lowest BCUT2D eigenvalue weighted by molar-refractivity contribution is -0.146. The Morgan fingerprint density at radius 2 is 2.04 bits per heavy atom. The summed E-state index contributed by atoms with van der Waals surface area (Å²) in [7, 11) is 1.47.